The molecule has 1 aromatic carbocycles. The van der Waals surface area contributed by atoms with E-state index in [-0.39, 0.29) is 6.04 Å². The van der Waals surface area contributed by atoms with Crippen molar-refractivity contribution in [1.29, 1.82) is 0 Å². The predicted molar refractivity (Wildman–Crippen MR) is 74.3 cm³/mol. The molecular formula is C12H15Cl2NOS. The molecule has 0 amide bonds. The molecule has 5 heteroatoms. The van der Waals surface area contributed by atoms with Crippen molar-refractivity contribution in [3.8, 4) is 0 Å². The summed E-state index contributed by atoms with van der Waals surface area (Å²) in [6.45, 7) is 2.09. The van der Waals surface area contributed by atoms with Crippen molar-refractivity contribution in [3.63, 3.8) is 0 Å². The van der Waals surface area contributed by atoms with E-state index in [9.17, 15) is 4.21 Å². The average Bonchev–Trinajstić information content (AvgIpc) is 2.31. The second kappa shape index (κ2) is 5.70. The number of nitrogens with one attached hydrogen (secondary N) is 1. The molecule has 0 aliphatic carbocycles. The van der Waals surface area contributed by atoms with E-state index in [1.54, 1.807) is 6.07 Å². The van der Waals surface area contributed by atoms with Crippen molar-refractivity contribution in [1.82, 2.24) is 5.32 Å². The van der Waals surface area contributed by atoms with Crippen LogP contribution in [0.25, 0.3) is 0 Å². The van der Waals surface area contributed by atoms with Gasteiger partial charge in [-0.15, -0.1) is 0 Å². The van der Waals surface area contributed by atoms with Crippen molar-refractivity contribution >= 4 is 34.0 Å². The third-order valence-corrected chi connectivity index (χ3v) is 5.34. The zero-order valence-corrected chi connectivity index (χ0v) is 11.9. The van der Waals surface area contributed by atoms with E-state index in [0.29, 0.717) is 21.8 Å². The fourth-order valence-corrected chi connectivity index (χ4v) is 4.07. The van der Waals surface area contributed by atoms with Gasteiger partial charge in [0.05, 0.1) is 10.0 Å². The van der Waals surface area contributed by atoms with Gasteiger partial charge in [-0.3, -0.25) is 4.21 Å². The van der Waals surface area contributed by atoms with Crippen molar-refractivity contribution in [2.24, 2.45) is 0 Å². The van der Waals surface area contributed by atoms with E-state index in [1.165, 1.54) is 0 Å². The molecule has 17 heavy (non-hydrogen) atoms. The van der Waals surface area contributed by atoms with Gasteiger partial charge in [0.15, 0.2) is 0 Å². The van der Waals surface area contributed by atoms with Crippen LogP contribution in [0.4, 0.5) is 0 Å². The summed E-state index contributed by atoms with van der Waals surface area (Å²) in [6, 6.07) is 5.93. The highest BCUT2D eigenvalue weighted by atomic mass is 35.5. The first-order valence-corrected chi connectivity index (χ1v) is 7.91. The molecule has 0 spiro atoms. The zero-order valence-electron chi connectivity index (χ0n) is 9.58. The summed E-state index contributed by atoms with van der Waals surface area (Å²) in [5.74, 6) is 1.34. The number of hydrogen-bond acceptors (Lipinski definition) is 2. The molecule has 1 aromatic rings. The lowest BCUT2D eigenvalue weighted by atomic mass is 10.1. The SMILES string of the molecule is CCC1CS(=O)CC(c2cccc(Cl)c2Cl)N1. The Labute approximate surface area is 114 Å². The van der Waals surface area contributed by atoms with Gasteiger partial charge in [0, 0.05) is 34.4 Å². The minimum atomic E-state index is -0.780. The summed E-state index contributed by atoms with van der Waals surface area (Å²) in [7, 11) is -0.780. The van der Waals surface area contributed by atoms with E-state index in [0.717, 1.165) is 17.7 Å². The van der Waals surface area contributed by atoms with Crippen molar-refractivity contribution < 1.29 is 4.21 Å². The van der Waals surface area contributed by atoms with Crippen LogP contribution in [0.15, 0.2) is 18.2 Å². The van der Waals surface area contributed by atoms with Crippen LogP contribution in [0.5, 0.6) is 0 Å². The molecular weight excluding hydrogens is 277 g/mol. The molecule has 1 aliphatic rings. The summed E-state index contributed by atoms with van der Waals surface area (Å²) in [5, 5.41) is 4.60. The van der Waals surface area contributed by atoms with Crippen LogP contribution in [0.3, 0.4) is 0 Å². The average molecular weight is 292 g/mol. The van der Waals surface area contributed by atoms with E-state index in [2.05, 4.69) is 12.2 Å². The standard InChI is InChI=1S/C12H15Cl2NOS/c1-2-8-6-17(16)7-11(15-8)9-4-3-5-10(13)12(9)14/h3-5,8,11,15H,2,6-7H2,1H3. The highest BCUT2D eigenvalue weighted by Crippen LogP contribution is 2.31. The molecule has 1 fully saturated rings. The molecule has 1 heterocycles. The lowest BCUT2D eigenvalue weighted by molar-refractivity contribution is 0.456. The fraction of sp³-hybridized carbons (Fsp3) is 0.500. The van der Waals surface area contributed by atoms with Gasteiger partial charge < -0.3 is 5.32 Å². The number of hydrogen-bond donors (Lipinski definition) is 1. The Balaban J connectivity index is 2.26. The molecule has 3 atom stereocenters. The summed E-state index contributed by atoms with van der Waals surface area (Å²) in [6.07, 6.45) is 0.973. The Morgan fingerprint density at radius 2 is 2.18 bits per heavy atom. The third kappa shape index (κ3) is 3.02. The second-order valence-corrected chi connectivity index (χ2v) is 6.57. The van der Waals surface area contributed by atoms with Crippen LogP contribution in [0.1, 0.15) is 24.9 Å². The molecule has 0 bridgehead atoms. The first-order chi connectivity index (χ1) is 8.11. The summed E-state index contributed by atoms with van der Waals surface area (Å²) >= 11 is 12.2. The van der Waals surface area contributed by atoms with Crippen molar-refractivity contribution in [2.45, 2.75) is 25.4 Å². The van der Waals surface area contributed by atoms with Crippen molar-refractivity contribution in [2.75, 3.05) is 11.5 Å². The van der Waals surface area contributed by atoms with Crippen LogP contribution in [-0.4, -0.2) is 21.8 Å². The van der Waals surface area contributed by atoms with Gasteiger partial charge in [0.2, 0.25) is 0 Å². The highest BCUT2D eigenvalue weighted by Gasteiger charge is 2.27. The zero-order chi connectivity index (χ0) is 12.4. The minimum absolute atomic E-state index is 0.0423. The molecule has 2 rings (SSSR count). The van der Waals surface area contributed by atoms with E-state index in [1.807, 2.05) is 12.1 Å². The first kappa shape index (κ1) is 13.3. The summed E-state index contributed by atoms with van der Waals surface area (Å²) < 4.78 is 11.8. The highest BCUT2D eigenvalue weighted by molar-refractivity contribution is 7.85. The van der Waals surface area contributed by atoms with Gasteiger partial charge in [-0.2, -0.15) is 0 Å². The lowest BCUT2D eigenvalue weighted by Gasteiger charge is -2.30. The predicted octanol–water partition coefficient (Wildman–Crippen LogP) is 3.17. The van der Waals surface area contributed by atoms with Crippen LogP contribution in [0, 0.1) is 0 Å². The molecule has 0 radical (unpaired) electrons. The van der Waals surface area contributed by atoms with Crippen LogP contribution in [0.2, 0.25) is 10.0 Å². The monoisotopic (exact) mass is 291 g/mol. The maximum atomic E-state index is 11.8. The van der Waals surface area contributed by atoms with E-state index in [4.69, 9.17) is 23.2 Å². The third-order valence-electron chi connectivity index (χ3n) is 3.03. The summed E-state index contributed by atoms with van der Waals surface area (Å²) in [4.78, 5) is 0. The van der Waals surface area contributed by atoms with Gasteiger partial charge in [0.1, 0.15) is 0 Å². The van der Waals surface area contributed by atoms with Gasteiger partial charge in [-0.1, -0.05) is 42.3 Å². The van der Waals surface area contributed by atoms with Gasteiger partial charge in [0.25, 0.3) is 0 Å². The molecule has 0 saturated carbocycles. The van der Waals surface area contributed by atoms with Gasteiger partial charge in [-0.05, 0) is 18.1 Å². The van der Waals surface area contributed by atoms with Gasteiger partial charge in [-0.25, -0.2) is 0 Å². The lowest BCUT2D eigenvalue weighted by Crippen LogP contribution is -2.44. The summed E-state index contributed by atoms with van der Waals surface area (Å²) in [5.41, 5.74) is 0.950. The van der Waals surface area contributed by atoms with Crippen LogP contribution >= 0.6 is 23.2 Å². The molecule has 0 aromatic heterocycles. The van der Waals surface area contributed by atoms with E-state index < -0.39 is 10.8 Å². The topological polar surface area (TPSA) is 29.1 Å². The normalized spacial score (nSPS) is 29.2. The molecule has 1 saturated heterocycles. The Morgan fingerprint density at radius 1 is 1.41 bits per heavy atom. The van der Waals surface area contributed by atoms with Gasteiger partial charge >= 0.3 is 0 Å². The minimum Gasteiger partial charge on any atom is -0.305 e. The van der Waals surface area contributed by atoms with Crippen molar-refractivity contribution in [3.05, 3.63) is 33.8 Å². The largest absolute Gasteiger partial charge is 0.305 e. The Hall–Kier alpha value is -0.0900. The smallest absolute Gasteiger partial charge is 0.0640 e. The second-order valence-electron chi connectivity index (χ2n) is 4.24. The molecule has 1 aliphatic heterocycles. The quantitative estimate of drug-likeness (QED) is 0.907. The maximum Gasteiger partial charge on any atom is 0.0640 e. The first-order valence-electron chi connectivity index (χ1n) is 5.66. The van der Waals surface area contributed by atoms with Crippen LogP contribution in [-0.2, 0) is 10.8 Å². The Bertz CT molecular complexity index is 439. The maximum absolute atomic E-state index is 11.8. The van der Waals surface area contributed by atoms with E-state index >= 15 is 0 Å². The Morgan fingerprint density at radius 3 is 2.88 bits per heavy atom. The fourth-order valence-electron chi connectivity index (χ4n) is 2.06. The number of halogens is 2. The molecule has 2 nitrogen and oxygen atoms in total. The molecule has 1 N–H and O–H groups in total. The molecule has 94 valence electrons. The molecule has 3 unspecified atom stereocenters. The van der Waals surface area contributed by atoms with Crippen LogP contribution < -0.4 is 5.32 Å². The number of rotatable bonds is 2. The number of benzene rings is 1. The Kier molecular flexibility index (Phi) is 4.47.